The SMILES string of the molecule is COC1(OC)[C@@]2(Cl)C[C@H](O)[C@@]1(Cl)C(Cl)=C2Cl. The number of alkyl halides is 2. The fraction of sp³-hybridized carbons (Fsp3) is 0.778. The molecule has 2 aliphatic carbocycles. The van der Waals surface area contributed by atoms with Crippen molar-refractivity contribution < 1.29 is 14.6 Å². The van der Waals surface area contributed by atoms with Gasteiger partial charge in [-0.25, -0.2) is 0 Å². The van der Waals surface area contributed by atoms with Gasteiger partial charge in [0.25, 0.3) is 0 Å². The van der Waals surface area contributed by atoms with E-state index in [1.54, 1.807) is 0 Å². The Hall–Kier alpha value is 0.780. The minimum Gasteiger partial charge on any atom is -0.391 e. The molecule has 0 amide bonds. The van der Waals surface area contributed by atoms with Crippen LogP contribution >= 0.6 is 46.4 Å². The lowest BCUT2D eigenvalue weighted by Crippen LogP contribution is -2.57. The maximum atomic E-state index is 9.98. The summed E-state index contributed by atoms with van der Waals surface area (Å²) in [5.74, 6) is -1.46. The minimum atomic E-state index is -1.46. The summed E-state index contributed by atoms with van der Waals surface area (Å²) in [5.41, 5.74) is 0. The molecule has 0 aromatic heterocycles. The lowest BCUT2D eigenvalue weighted by molar-refractivity contribution is -0.220. The van der Waals surface area contributed by atoms with Gasteiger partial charge in [0.15, 0.2) is 4.87 Å². The predicted molar refractivity (Wildman–Crippen MR) is 63.3 cm³/mol. The standard InChI is InChI=1S/C9H10Cl4O3/c1-15-9(16-2)7(12)3-4(14)8(9,13)6(11)5(7)10/h4,14H,3H2,1-2H3/t4-,7+,8+/m0/s1. The van der Waals surface area contributed by atoms with E-state index in [1.165, 1.54) is 14.2 Å². The van der Waals surface area contributed by atoms with Gasteiger partial charge in [-0.2, -0.15) is 0 Å². The molecule has 1 saturated carbocycles. The highest BCUT2D eigenvalue weighted by atomic mass is 35.5. The average molecular weight is 308 g/mol. The van der Waals surface area contributed by atoms with E-state index in [0.717, 1.165) is 0 Å². The number of ether oxygens (including phenoxy) is 2. The Bertz CT molecular complexity index is 368. The van der Waals surface area contributed by atoms with Gasteiger partial charge in [0.05, 0.1) is 16.2 Å². The molecule has 0 aromatic carbocycles. The topological polar surface area (TPSA) is 38.7 Å². The Kier molecular flexibility index (Phi) is 3.01. The lowest BCUT2D eigenvalue weighted by Gasteiger charge is -2.40. The zero-order valence-corrected chi connectivity index (χ0v) is 11.6. The maximum absolute atomic E-state index is 9.98. The molecule has 1 fully saturated rings. The van der Waals surface area contributed by atoms with Crippen molar-refractivity contribution in [2.24, 2.45) is 0 Å². The second-order valence-electron chi connectivity index (χ2n) is 3.89. The van der Waals surface area contributed by atoms with Crippen LogP contribution in [0.2, 0.25) is 0 Å². The Morgan fingerprint density at radius 2 is 1.69 bits per heavy atom. The van der Waals surface area contributed by atoms with Gasteiger partial charge >= 0.3 is 0 Å². The Morgan fingerprint density at radius 3 is 2.00 bits per heavy atom. The summed E-state index contributed by atoms with van der Waals surface area (Å²) >= 11 is 24.8. The molecular formula is C9H10Cl4O3. The molecule has 0 radical (unpaired) electrons. The van der Waals surface area contributed by atoms with Crippen molar-refractivity contribution in [1.29, 1.82) is 0 Å². The number of aliphatic hydroxyl groups excluding tert-OH is 1. The summed E-state index contributed by atoms with van der Waals surface area (Å²) < 4.78 is 10.6. The molecule has 92 valence electrons. The molecule has 1 N–H and O–H groups in total. The van der Waals surface area contributed by atoms with E-state index in [0.29, 0.717) is 0 Å². The van der Waals surface area contributed by atoms with E-state index in [9.17, 15) is 5.11 Å². The molecule has 0 aromatic rings. The number of methoxy groups -OCH3 is 2. The highest BCUT2D eigenvalue weighted by Gasteiger charge is 2.81. The first-order chi connectivity index (χ1) is 7.31. The average Bonchev–Trinajstić information content (AvgIpc) is 2.50. The van der Waals surface area contributed by atoms with Crippen LogP contribution in [0.4, 0.5) is 0 Å². The predicted octanol–water partition coefficient (Wildman–Crippen LogP) is 2.40. The number of rotatable bonds is 2. The van der Waals surface area contributed by atoms with Gasteiger partial charge in [0, 0.05) is 20.6 Å². The van der Waals surface area contributed by atoms with Gasteiger partial charge in [0.2, 0.25) is 5.79 Å². The molecule has 0 aliphatic heterocycles. The first-order valence-electron chi connectivity index (χ1n) is 4.54. The third kappa shape index (κ3) is 1.05. The van der Waals surface area contributed by atoms with Crippen LogP contribution in [0.3, 0.4) is 0 Å². The zero-order chi connectivity index (χ0) is 12.4. The summed E-state index contributed by atoms with van der Waals surface area (Å²) in [5, 5.41) is 10.2. The third-order valence-corrected chi connectivity index (χ3v) is 5.94. The van der Waals surface area contributed by atoms with E-state index < -0.39 is 21.6 Å². The van der Waals surface area contributed by atoms with Crippen LogP contribution in [-0.2, 0) is 9.47 Å². The molecule has 3 nitrogen and oxygen atoms in total. The van der Waals surface area contributed by atoms with E-state index in [-0.39, 0.29) is 16.5 Å². The fourth-order valence-corrected chi connectivity index (χ4v) is 4.55. The summed E-state index contributed by atoms with van der Waals surface area (Å²) in [7, 11) is 2.77. The molecule has 2 rings (SSSR count). The van der Waals surface area contributed by atoms with Gasteiger partial charge < -0.3 is 14.6 Å². The molecule has 0 unspecified atom stereocenters. The maximum Gasteiger partial charge on any atom is 0.219 e. The first-order valence-corrected chi connectivity index (χ1v) is 6.05. The molecular weight excluding hydrogens is 298 g/mol. The third-order valence-electron chi connectivity index (χ3n) is 3.37. The molecule has 7 heteroatoms. The minimum absolute atomic E-state index is 0.0771. The van der Waals surface area contributed by atoms with E-state index in [4.69, 9.17) is 55.9 Å². The van der Waals surface area contributed by atoms with E-state index in [2.05, 4.69) is 0 Å². The van der Waals surface area contributed by atoms with Crippen molar-refractivity contribution in [3.63, 3.8) is 0 Å². The van der Waals surface area contributed by atoms with Gasteiger partial charge in [-0.05, 0) is 0 Å². The summed E-state index contributed by atoms with van der Waals surface area (Å²) in [6.07, 6.45) is -0.865. The number of halogens is 4. The van der Waals surface area contributed by atoms with Gasteiger partial charge in [-0.3, -0.25) is 0 Å². The van der Waals surface area contributed by atoms with Gasteiger partial charge in [-0.1, -0.05) is 23.2 Å². The smallest absolute Gasteiger partial charge is 0.219 e. The second-order valence-corrected chi connectivity index (χ2v) is 5.88. The Balaban J connectivity index is 2.70. The van der Waals surface area contributed by atoms with Crippen molar-refractivity contribution in [1.82, 2.24) is 0 Å². The number of hydrogen-bond acceptors (Lipinski definition) is 3. The summed E-state index contributed by atoms with van der Waals surface area (Å²) in [6.45, 7) is 0. The van der Waals surface area contributed by atoms with Crippen molar-refractivity contribution in [2.75, 3.05) is 14.2 Å². The highest BCUT2D eigenvalue weighted by Crippen LogP contribution is 2.69. The first kappa shape index (κ1) is 13.2. The van der Waals surface area contributed by atoms with Crippen molar-refractivity contribution >= 4 is 46.4 Å². The highest BCUT2D eigenvalue weighted by molar-refractivity contribution is 6.52. The monoisotopic (exact) mass is 306 g/mol. The molecule has 0 heterocycles. The van der Waals surface area contributed by atoms with Gasteiger partial charge in [0.1, 0.15) is 4.87 Å². The second kappa shape index (κ2) is 3.64. The van der Waals surface area contributed by atoms with E-state index >= 15 is 0 Å². The largest absolute Gasteiger partial charge is 0.391 e. The number of aliphatic hydroxyl groups is 1. The van der Waals surface area contributed by atoms with Crippen LogP contribution < -0.4 is 0 Å². The van der Waals surface area contributed by atoms with Crippen LogP contribution in [-0.4, -0.2) is 41.0 Å². The molecule has 3 atom stereocenters. The van der Waals surface area contributed by atoms with Crippen molar-refractivity contribution in [3.05, 3.63) is 10.1 Å². The zero-order valence-electron chi connectivity index (χ0n) is 8.56. The summed E-state index contributed by atoms with van der Waals surface area (Å²) in [4.78, 5) is -2.72. The van der Waals surface area contributed by atoms with Gasteiger partial charge in [-0.15, -0.1) is 23.2 Å². The number of hydrogen-bond donors (Lipinski definition) is 1. The quantitative estimate of drug-likeness (QED) is 0.629. The number of fused-ring (bicyclic) bond motifs is 2. The van der Waals surface area contributed by atoms with Crippen LogP contribution in [0.1, 0.15) is 6.42 Å². The molecule has 0 saturated heterocycles. The summed E-state index contributed by atoms with van der Waals surface area (Å²) in [6, 6.07) is 0. The van der Waals surface area contributed by atoms with Crippen LogP contribution in [0.5, 0.6) is 0 Å². The van der Waals surface area contributed by atoms with Crippen molar-refractivity contribution in [3.8, 4) is 0 Å². The molecule has 16 heavy (non-hydrogen) atoms. The van der Waals surface area contributed by atoms with Crippen LogP contribution in [0, 0.1) is 0 Å². The lowest BCUT2D eigenvalue weighted by atomic mass is 10.0. The molecule has 2 bridgehead atoms. The van der Waals surface area contributed by atoms with E-state index in [1.807, 2.05) is 0 Å². The van der Waals surface area contributed by atoms with Crippen LogP contribution in [0.25, 0.3) is 0 Å². The Labute approximate surface area is 113 Å². The molecule has 2 aliphatic rings. The van der Waals surface area contributed by atoms with Crippen molar-refractivity contribution in [2.45, 2.75) is 28.1 Å². The normalized spacial score (nSPS) is 45.6. The Morgan fingerprint density at radius 1 is 1.19 bits per heavy atom. The molecule has 0 spiro atoms. The fourth-order valence-electron chi connectivity index (χ4n) is 2.61. The van der Waals surface area contributed by atoms with Crippen LogP contribution in [0.15, 0.2) is 10.1 Å².